The molecule has 0 fully saturated rings. The average Bonchev–Trinajstić information content (AvgIpc) is 2.56. The lowest BCUT2D eigenvalue weighted by atomic mass is 9.88. The van der Waals surface area contributed by atoms with E-state index in [0.29, 0.717) is 27.1 Å². The molecule has 86 heavy (non-hydrogen) atoms. The van der Waals surface area contributed by atoms with E-state index in [1.165, 1.54) is 98.9 Å². The SMILES string of the molecule is CC1=CCc2ccc(C)cc21.Cc1cc2ccc(CC(C)(C)C)cc2s1.Cc1ccc2nc(CC(C)(C)C)sc2c1.Cc1ccc2sc(CC(C)(C)C)nc2c1.Cc1ccc2sc(CC(C)(C)C)nc2c1.Cc1nc2ccc(CC(C)(C)C)cc2s1. The van der Waals surface area contributed by atoms with Crippen LogP contribution in [0.3, 0.4) is 0 Å². The van der Waals surface area contributed by atoms with Crippen LogP contribution in [0, 0.1) is 68.6 Å². The maximum atomic E-state index is 4.68. The quantitative estimate of drug-likeness (QED) is 0.172. The normalized spacial score (nSPS) is 12.6. The zero-order valence-electron chi connectivity index (χ0n) is 56.1. The molecule has 1 aliphatic rings. The van der Waals surface area contributed by atoms with Gasteiger partial charge in [-0.2, -0.15) is 0 Å². The van der Waals surface area contributed by atoms with E-state index in [0.717, 1.165) is 65.6 Å². The third-order valence-corrected chi connectivity index (χ3v) is 18.9. The number of benzene rings is 6. The Kier molecular flexibility index (Phi) is 22.5. The van der Waals surface area contributed by atoms with E-state index in [1.807, 2.05) is 45.3 Å². The van der Waals surface area contributed by atoms with E-state index in [1.54, 1.807) is 11.3 Å². The van der Waals surface area contributed by atoms with Crippen LogP contribution in [0.1, 0.15) is 180 Å². The fraction of sp³-hybridized carbons (Fsp3) is 0.429. The van der Waals surface area contributed by atoms with Crippen LogP contribution in [0.15, 0.2) is 121 Å². The van der Waals surface area contributed by atoms with Gasteiger partial charge in [-0.15, -0.1) is 56.7 Å². The molecule has 6 aromatic carbocycles. The number of thiazole rings is 4. The predicted octanol–water partition coefficient (Wildman–Crippen LogP) is 24.5. The minimum Gasteiger partial charge on any atom is -0.242 e. The van der Waals surface area contributed by atoms with Crippen molar-refractivity contribution in [3.63, 3.8) is 0 Å². The lowest BCUT2D eigenvalue weighted by Crippen LogP contribution is -2.08. The highest BCUT2D eigenvalue weighted by Gasteiger charge is 2.18. The van der Waals surface area contributed by atoms with Crippen molar-refractivity contribution < 1.29 is 0 Å². The van der Waals surface area contributed by atoms with Crippen molar-refractivity contribution in [1.29, 1.82) is 0 Å². The smallest absolute Gasteiger partial charge is 0.0943 e. The van der Waals surface area contributed by atoms with Gasteiger partial charge in [-0.3, -0.25) is 0 Å². The molecule has 4 nitrogen and oxygen atoms in total. The van der Waals surface area contributed by atoms with Crippen LogP contribution in [0.25, 0.3) is 56.5 Å². The first-order valence-electron chi connectivity index (χ1n) is 30.7. The second-order valence-corrected chi connectivity index (χ2v) is 35.8. The average molecular weight is 1240 g/mol. The number of thiophene rings is 1. The Morgan fingerprint density at radius 1 is 0.337 bits per heavy atom. The summed E-state index contributed by atoms with van der Waals surface area (Å²) in [5, 5.41) is 6.29. The minimum absolute atomic E-state index is 0.322. The van der Waals surface area contributed by atoms with Crippen molar-refractivity contribution >= 4 is 113 Å². The summed E-state index contributed by atoms with van der Waals surface area (Å²) in [6.07, 6.45) is 8.88. The van der Waals surface area contributed by atoms with Gasteiger partial charge in [-0.25, -0.2) is 19.9 Å². The highest BCUT2D eigenvalue weighted by atomic mass is 32.1. The minimum atomic E-state index is 0.322. The summed E-state index contributed by atoms with van der Waals surface area (Å²) in [6, 6.07) is 41.9. The summed E-state index contributed by atoms with van der Waals surface area (Å²) >= 11 is 9.14. The lowest BCUT2D eigenvalue weighted by molar-refractivity contribution is 0.410. The van der Waals surface area contributed by atoms with Crippen molar-refractivity contribution in [2.24, 2.45) is 27.1 Å². The van der Waals surface area contributed by atoms with Gasteiger partial charge in [0.25, 0.3) is 0 Å². The molecular weight excluding hydrogens is 1140 g/mol. The molecule has 0 amide bonds. The van der Waals surface area contributed by atoms with Crippen molar-refractivity contribution in [3.8, 4) is 0 Å². The van der Waals surface area contributed by atoms with Crippen molar-refractivity contribution in [3.05, 3.63) is 191 Å². The molecule has 0 radical (unpaired) electrons. The number of aromatic nitrogens is 4. The van der Waals surface area contributed by atoms with Crippen LogP contribution in [-0.2, 0) is 38.5 Å². The Labute approximate surface area is 537 Å². The van der Waals surface area contributed by atoms with E-state index < -0.39 is 0 Å². The topological polar surface area (TPSA) is 51.6 Å². The number of rotatable bonds is 5. The van der Waals surface area contributed by atoms with Gasteiger partial charge < -0.3 is 0 Å². The molecular formula is C77H98N4S5. The van der Waals surface area contributed by atoms with Gasteiger partial charge in [0.2, 0.25) is 0 Å². The summed E-state index contributed by atoms with van der Waals surface area (Å²) in [4.78, 5) is 19.9. The molecule has 0 bridgehead atoms. The third-order valence-electron chi connectivity index (χ3n) is 13.9. The van der Waals surface area contributed by atoms with Crippen LogP contribution in [0.5, 0.6) is 0 Å². The van der Waals surface area contributed by atoms with Gasteiger partial charge >= 0.3 is 0 Å². The lowest BCUT2D eigenvalue weighted by Gasteiger charge is -2.17. The predicted molar refractivity (Wildman–Crippen MR) is 388 cm³/mol. The maximum Gasteiger partial charge on any atom is 0.0943 e. The standard InChI is InChI=1S/C14H18S.4C13H17NS.C11H12/c1-10-7-12-6-5-11(8-13(12)15-10)9-14(2,3)4;1-9-14-11-6-5-10(7-12(11)15-9)8-13(2,3)4;2*1-9-5-6-11-10(7-9)14-12(15-11)8-13(2,3)4;1-9-5-6-10-11(7-9)15-12(14-10)8-13(2,3)4;1-8-3-5-10-6-4-9(2)11(10)7-8/h5-8H,9H2,1-4H3;4*5-7H,8H2,1-4H3;3-5,7H,6H2,1-2H3. The maximum absolute atomic E-state index is 4.68. The second kappa shape index (κ2) is 28.4. The van der Waals surface area contributed by atoms with E-state index in [9.17, 15) is 0 Å². The van der Waals surface area contributed by atoms with E-state index in [-0.39, 0.29) is 0 Å². The number of hydrogen-bond acceptors (Lipinski definition) is 9. The first-order chi connectivity index (χ1) is 40.0. The Bertz CT molecular complexity index is 3710. The monoisotopic (exact) mass is 1240 g/mol. The van der Waals surface area contributed by atoms with Gasteiger partial charge in [-0.1, -0.05) is 170 Å². The molecule has 0 saturated heterocycles. The van der Waals surface area contributed by atoms with Crippen LogP contribution in [0.2, 0.25) is 0 Å². The fourth-order valence-corrected chi connectivity index (χ4v) is 15.9. The van der Waals surface area contributed by atoms with E-state index >= 15 is 0 Å². The third kappa shape index (κ3) is 22.0. The molecule has 11 aromatic rings. The summed E-state index contributed by atoms with van der Waals surface area (Å²) in [7, 11) is 0. The van der Waals surface area contributed by atoms with Gasteiger partial charge in [0.05, 0.1) is 60.9 Å². The Morgan fingerprint density at radius 3 is 1.27 bits per heavy atom. The highest BCUT2D eigenvalue weighted by molar-refractivity contribution is 7.20. The molecule has 456 valence electrons. The molecule has 0 unspecified atom stereocenters. The molecule has 0 aliphatic heterocycles. The first-order valence-corrected chi connectivity index (χ1v) is 34.8. The molecule has 0 atom stereocenters. The summed E-state index contributed by atoms with van der Waals surface area (Å²) in [5.41, 5.74) is 18.8. The summed E-state index contributed by atoms with van der Waals surface area (Å²) < 4.78 is 6.66. The molecule has 5 heterocycles. The van der Waals surface area contributed by atoms with Gasteiger partial charge in [0.15, 0.2) is 0 Å². The number of hydrogen-bond donors (Lipinski definition) is 0. The largest absolute Gasteiger partial charge is 0.242 e. The summed E-state index contributed by atoms with van der Waals surface area (Å²) in [5.74, 6) is 0. The van der Waals surface area contributed by atoms with Crippen LogP contribution in [-0.4, -0.2) is 19.9 Å². The number of fused-ring (bicyclic) bond motifs is 6. The van der Waals surface area contributed by atoms with Crippen molar-refractivity contribution in [1.82, 2.24) is 19.9 Å². The van der Waals surface area contributed by atoms with Crippen LogP contribution < -0.4 is 0 Å². The second-order valence-electron chi connectivity index (χ2n) is 29.9. The Balaban J connectivity index is 0.000000148. The Hall–Kier alpha value is -5.42. The van der Waals surface area contributed by atoms with E-state index in [2.05, 4.69) is 294 Å². The zero-order chi connectivity index (χ0) is 63.1. The molecule has 5 aromatic heterocycles. The van der Waals surface area contributed by atoms with E-state index in [4.69, 9.17) is 0 Å². The molecule has 0 N–H and O–H groups in total. The van der Waals surface area contributed by atoms with Gasteiger partial charge in [0, 0.05) is 28.8 Å². The van der Waals surface area contributed by atoms with Crippen molar-refractivity contribution in [2.75, 3.05) is 0 Å². The van der Waals surface area contributed by atoms with Crippen molar-refractivity contribution in [2.45, 2.75) is 191 Å². The molecule has 12 rings (SSSR count). The number of aryl methyl sites for hydroxylation is 6. The fourth-order valence-electron chi connectivity index (χ4n) is 10.2. The van der Waals surface area contributed by atoms with Gasteiger partial charge in [0.1, 0.15) is 0 Å². The van der Waals surface area contributed by atoms with Crippen LogP contribution in [0.4, 0.5) is 0 Å². The zero-order valence-corrected chi connectivity index (χ0v) is 60.2. The molecule has 1 aliphatic carbocycles. The Morgan fingerprint density at radius 2 is 0.744 bits per heavy atom. The first kappa shape index (κ1) is 68.1. The highest BCUT2D eigenvalue weighted by Crippen LogP contribution is 2.34. The van der Waals surface area contributed by atoms with Gasteiger partial charge in [-0.05, 0) is 205 Å². The van der Waals surface area contributed by atoms with Crippen LogP contribution >= 0.6 is 56.7 Å². The number of nitrogens with zero attached hydrogens (tertiary/aromatic N) is 4. The number of allylic oxidation sites excluding steroid dienone is 2. The molecule has 0 saturated carbocycles. The molecule has 0 spiro atoms. The summed E-state index contributed by atoms with van der Waals surface area (Å²) in [6.45, 7) is 48.9. The molecule has 9 heteroatoms.